The molecule has 0 aliphatic carbocycles. The fraction of sp³-hybridized carbons (Fsp3) is 0.143. The molecule has 2 aromatic carbocycles. The Morgan fingerprint density at radius 3 is 2.09 bits per heavy atom. The van der Waals surface area contributed by atoms with Crippen LogP contribution in [0.1, 0.15) is 0 Å². The van der Waals surface area contributed by atoms with Crippen molar-refractivity contribution in [3.05, 3.63) is 46.4 Å². The molecule has 2 aromatic rings. The topological polar surface area (TPSA) is 64.6 Å². The highest BCUT2D eigenvalue weighted by molar-refractivity contribution is 7.92. The van der Waals surface area contributed by atoms with Crippen LogP contribution in [0.2, 0.25) is 10.0 Å². The average molecular weight is 362 g/mol. The maximum absolute atomic E-state index is 12.4. The van der Waals surface area contributed by atoms with Crippen LogP contribution in [-0.4, -0.2) is 22.6 Å². The molecule has 2 rings (SSSR count). The molecule has 0 bridgehead atoms. The van der Waals surface area contributed by atoms with Crippen molar-refractivity contribution in [2.75, 3.05) is 18.9 Å². The molecule has 0 unspecified atom stereocenters. The van der Waals surface area contributed by atoms with Gasteiger partial charge in [0.25, 0.3) is 10.0 Å². The lowest BCUT2D eigenvalue weighted by atomic mass is 10.3. The molecule has 5 nitrogen and oxygen atoms in total. The third-order valence-electron chi connectivity index (χ3n) is 2.84. The number of hydrogen-bond donors (Lipinski definition) is 1. The number of rotatable bonds is 5. The Morgan fingerprint density at radius 2 is 1.55 bits per heavy atom. The smallest absolute Gasteiger partial charge is 0.262 e. The second kappa shape index (κ2) is 6.64. The highest BCUT2D eigenvalue weighted by Gasteiger charge is 2.18. The zero-order valence-electron chi connectivity index (χ0n) is 11.8. The van der Waals surface area contributed by atoms with Gasteiger partial charge in [-0.1, -0.05) is 23.2 Å². The average Bonchev–Trinajstić information content (AvgIpc) is 2.48. The zero-order chi connectivity index (χ0) is 16.3. The number of anilines is 1. The molecular formula is C14H13Cl2NO4S. The van der Waals surface area contributed by atoms with E-state index in [9.17, 15) is 8.42 Å². The Balaban J connectivity index is 2.42. The van der Waals surface area contributed by atoms with Gasteiger partial charge in [-0.25, -0.2) is 8.42 Å². The van der Waals surface area contributed by atoms with Gasteiger partial charge >= 0.3 is 0 Å². The molecule has 0 spiro atoms. The SMILES string of the molecule is COc1cc(NS(=O)(=O)c2ccc(Cl)cc2)c(OC)cc1Cl. The lowest BCUT2D eigenvalue weighted by Gasteiger charge is -2.14. The number of hydrogen-bond acceptors (Lipinski definition) is 4. The predicted molar refractivity (Wildman–Crippen MR) is 86.8 cm³/mol. The van der Waals surface area contributed by atoms with Crippen LogP contribution in [0.3, 0.4) is 0 Å². The first-order chi connectivity index (χ1) is 10.4. The minimum Gasteiger partial charge on any atom is -0.495 e. The molecule has 0 radical (unpaired) electrons. The van der Waals surface area contributed by atoms with Crippen molar-refractivity contribution >= 4 is 38.9 Å². The van der Waals surface area contributed by atoms with Crippen LogP contribution >= 0.6 is 23.2 Å². The standard InChI is InChI=1S/C14H13Cl2NO4S/c1-20-13-8-12(14(21-2)7-11(13)16)17-22(18,19)10-5-3-9(15)4-6-10/h3-8,17H,1-2H3. The number of nitrogens with one attached hydrogen (secondary N) is 1. The molecule has 0 amide bonds. The molecule has 118 valence electrons. The molecule has 0 aliphatic heterocycles. The van der Waals surface area contributed by atoms with E-state index < -0.39 is 10.0 Å². The summed E-state index contributed by atoms with van der Waals surface area (Å²) >= 11 is 11.7. The summed E-state index contributed by atoms with van der Waals surface area (Å²) in [6, 6.07) is 8.73. The van der Waals surface area contributed by atoms with Gasteiger partial charge in [0.2, 0.25) is 0 Å². The molecule has 0 fully saturated rings. The van der Waals surface area contributed by atoms with Gasteiger partial charge < -0.3 is 9.47 Å². The van der Waals surface area contributed by atoms with Gasteiger partial charge in [0.05, 0.1) is 29.8 Å². The van der Waals surface area contributed by atoms with E-state index in [4.69, 9.17) is 32.7 Å². The van der Waals surface area contributed by atoms with Gasteiger partial charge in [-0.2, -0.15) is 0 Å². The Hall–Kier alpha value is -1.63. The van der Waals surface area contributed by atoms with Crippen LogP contribution in [0.25, 0.3) is 0 Å². The summed E-state index contributed by atoms with van der Waals surface area (Å²) in [6.45, 7) is 0. The maximum atomic E-state index is 12.4. The Kier molecular flexibility index (Phi) is 5.05. The van der Waals surface area contributed by atoms with Crippen molar-refractivity contribution in [1.29, 1.82) is 0 Å². The van der Waals surface area contributed by atoms with E-state index >= 15 is 0 Å². The Labute approximate surface area is 138 Å². The number of ether oxygens (including phenoxy) is 2. The lowest BCUT2D eigenvalue weighted by molar-refractivity contribution is 0.405. The third-order valence-corrected chi connectivity index (χ3v) is 4.77. The van der Waals surface area contributed by atoms with E-state index in [1.165, 1.54) is 50.6 Å². The molecule has 1 N–H and O–H groups in total. The van der Waals surface area contributed by atoms with E-state index in [1.807, 2.05) is 0 Å². The summed E-state index contributed by atoms with van der Waals surface area (Å²) < 4.78 is 37.4. The quantitative estimate of drug-likeness (QED) is 0.879. The van der Waals surface area contributed by atoms with E-state index in [0.29, 0.717) is 15.8 Å². The Bertz CT molecular complexity index is 776. The van der Waals surface area contributed by atoms with Crippen molar-refractivity contribution in [3.8, 4) is 11.5 Å². The zero-order valence-corrected chi connectivity index (χ0v) is 14.1. The molecule has 0 saturated carbocycles. The summed E-state index contributed by atoms with van der Waals surface area (Å²) in [7, 11) is -0.937. The normalized spacial score (nSPS) is 11.1. The lowest BCUT2D eigenvalue weighted by Crippen LogP contribution is -2.13. The predicted octanol–water partition coefficient (Wildman–Crippen LogP) is 3.81. The van der Waals surface area contributed by atoms with Crippen LogP contribution < -0.4 is 14.2 Å². The summed E-state index contributed by atoms with van der Waals surface area (Å²) in [5.74, 6) is 0.611. The van der Waals surface area contributed by atoms with Crippen molar-refractivity contribution in [2.45, 2.75) is 4.90 Å². The molecular weight excluding hydrogens is 349 g/mol. The fourth-order valence-corrected chi connectivity index (χ4v) is 3.18. The summed E-state index contributed by atoms with van der Waals surface area (Å²) in [6.07, 6.45) is 0. The first-order valence-corrected chi connectivity index (χ1v) is 8.31. The summed E-state index contributed by atoms with van der Waals surface area (Å²) in [5.41, 5.74) is 0.221. The van der Waals surface area contributed by atoms with Gasteiger partial charge in [-0.15, -0.1) is 0 Å². The molecule has 22 heavy (non-hydrogen) atoms. The second-order valence-corrected chi connectivity index (χ2v) is 6.77. The first kappa shape index (κ1) is 16.7. The van der Waals surface area contributed by atoms with Crippen LogP contribution in [0.5, 0.6) is 11.5 Å². The third kappa shape index (κ3) is 3.58. The van der Waals surface area contributed by atoms with Crippen molar-refractivity contribution in [3.63, 3.8) is 0 Å². The summed E-state index contributed by atoms with van der Waals surface area (Å²) in [4.78, 5) is 0.0767. The van der Waals surface area contributed by atoms with Gasteiger partial charge in [0.1, 0.15) is 11.5 Å². The molecule has 0 atom stereocenters. The van der Waals surface area contributed by atoms with E-state index in [2.05, 4.69) is 4.72 Å². The number of benzene rings is 2. The maximum Gasteiger partial charge on any atom is 0.262 e. The largest absolute Gasteiger partial charge is 0.495 e. The number of sulfonamides is 1. The minimum atomic E-state index is -3.79. The van der Waals surface area contributed by atoms with Gasteiger partial charge in [-0.3, -0.25) is 4.72 Å². The van der Waals surface area contributed by atoms with E-state index in [1.54, 1.807) is 0 Å². The van der Waals surface area contributed by atoms with Crippen LogP contribution in [0.15, 0.2) is 41.3 Å². The number of methoxy groups -OCH3 is 2. The minimum absolute atomic E-state index is 0.0767. The fourth-order valence-electron chi connectivity index (χ4n) is 1.76. The van der Waals surface area contributed by atoms with Crippen molar-refractivity contribution in [2.24, 2.45) is 0 Å². The van der Waals surface area contributed by atoms with Crippen LogP contribution in [-0.2, 0) is 10.0 Å². The molecule has 0 aliphatic rings. The van der Waals surface area contributed by atoms with Gasteiger partial charge in [0.15, 0.2) is 0 Å². The summed E-state index contributed by atoms with van der Waals surface area (Å²) in [5, 5.41) is 0.762. The van der Waals surface area contributed by atoms with Gasteiger partial charge in [0, 0.05) is 17.2 Å². The highest BCUT2D eigenvalue weighted by Crippen LogP contribution is 2.36. The molecule has 0 heterocycles. The molecule has 0 aromatic heterocycles. The molecule has 8 heteroatoms. The highest BCUT2D eigenvalue weighted by atomic mass is 35.5. The molecule has 0 saturated heterocycles. The Morgan fingerprint density at radius 1 is 0.955 bits per heavy atom. The van der Waals surface area contributed by atoms with Crippen molar-refractivity contribution in [1.82, 2.24) is 0 Å². The van der Waals surface area contributed by atoms with Gasteiger partial charge in [-0.05, 0) is 24.3 Å². The first-order valence-electron chi connectivity index (χ1n) is 6.07. The number of halogens is 2. The van der Waals surface area contributed by atoms with E-state index in [-0.39, 0.29) is 16.3 Å². The second-order valence-electron chi connectivity index (χ2n) is 4.25. The van der Waals surface area contributed by atoms with Crippen LogP contribution in [0, 0.1) is 0 Å². The van der Waals surface area contributed by atoms with E-state index in [0.717, 1.165) is 0 Å². The monoisotopic (exact) mass is 361 g/mol. The van der Waals surface area contributed by atoms with Crippen LogP contribution in [0.4, 0.5) is 5.69 Å². The van der Waals surface area contributed by atoms with Crippen molar-refractivity contribution < 1.29 is 17.9 Å².